The number of thioether (sulfide) groups is 1. The first kappa shape index (κ1) is 20.4. The normalized spacial score (nSPS) is 10.6. The molecule has 2 aromatic carbocycles. The Bertz CT molecular complexity index is 1070. The van der Waals surface area contributed by atoms with Crippen LogP contribution in [0.15, 0.2) is 64.5 Å². The van der Waals surface area contributed by atoms with Gasteiger partial charge in [0.15, 0.2) is 5.16 Å². The fourth-order valence-electron chi connectivity index (χ4n) is 2.53. The number of ether oxygens (including phenoxy) is 1. The van der Waals surface area contributed by atoms with Crippen LogP contribution in [0.3, 0.4) is 0 Å². The fraction of sp³-hybridized carbons (Fsp3) is 0.150. The van der Waals surface area contributed by atoms with Gasteiger partial charge in [-0.25, -0.2) is 4.39 Å². The molecule has 3 aromatic rings. The van der Waals surface area contributed by atoms with Gasteiger partial charge in [0, 0.05) is 5.69 Å². The van der Waals surface area contributed by atoms with Crippen molar-refractivity contribution < 1.29 is 19.0 Å². The zero-order chi connectivity index (χ0) is 20.8. The van der Waals surface area contributed by atoms with E-state index >= 15 is 0 Å². The summed E-state index contributed by atoms with van der Waals surface area (Å²) in [4.78, 5) is 28.5. The summed E-state index contributed by atoms with van der Waals surface area (Å²) >= 11 is 0.906. The molecule has 0 saturated heterocycles. The molecule has 1 aromatic heterocycles. The Morgan fingerprint density at radius 1 is 1.24 bits per heavy atom. The monoisotopic (exact) mass is 415 g/mol. The van der Waals surface area contributed by atoms with E-state index < -0.39 is 17.3 Å². The Hall–Kier alpha value is -3.33. The number of amides is 1. The van der Waals surface area contributed by atoms with E-state index in [2.05, 4.69) is 10.3 Å². The van der Waals surface area contributed by atoms with Crippen LogP contribution in [-0.4, -0.2) is 32.9 Å². The number of aromatic hydroxyl groups is 1. The van der Waals surface area contributed by atoms with E-state index in [1.54, 1.807) is 30.3 Å². The summed E-state index contributed by atoms with van der Waals surface area (Å²) in [7, 11) is 0. The quantitative estimate of drug-likeness (QED) is 0.455. The summed E-state index contributed by atoms with van der Waals surface area (Å²) < 4.78 is 20.5. The Morgan fingerprint density at radius 3 is 2.66 bits per heavy atom. The van der Waals surface area contributed by atoms with Crippen LogP contribution in [0.1, 0.15) is 6.92 Å². The Kier molecular flexibility index (Phi) is 6.50. The number of para-hydroxylation sites is 1. The first-order valence-corrected chi connectivity index (χ1v) is 9.70. The minimum Gasteiger partial charge on any atom is -0.494 e. The molecule has 2 N–H and O–H groups in total. The van der Waals surface area contributed by atoms with E-state index in [0.717, 1.165) is 22.4 Å². The average Bonchev–Trinajstić information content (AvgIpc) is 2.69. The van der Waals surface area contributed by atoms with Crippen molar-refractivity contribution >= 4 is 23.4 Å². The maximum absolute atomic E-state index is 14.2. The lowest BCUT2D eigenvalue weighted by Crippen LogP contribution is -2.22. The van der Waals surface area contributed by atoms with Gasteiger partial charge in [-0.1, -0.05) is 23.9 Å². The Morgan fingerprint density at radius 2 is 1.97 bits per heavy atom. The van der Waals surface area contributed by atoms with Crippen LogP contribution in [0.4, 0.5) is 10.1 Å². The molecule has 0 bridgehead atoms. The molecule has 0 fully saturated rings. The number of benzene rings is 2. The Balaban J connectivity index is 1.75. The van der Waals surface area contributed by atoms with Crippen molar-refractivity contribution in [3.05, 3.63) is 70.8 Å². The van der Waals surface area contributed by atoms with Crippen molar-refractivity contribution in [2.75, 3.05) is 17.7 Å². The van der Waals surface area contributed by atoms with E-state index in [1.807, 2.05) is 6.92 Å². The van der Waals surface area contributed by atoms with Gasteiger partial charge in [0.2, 0.25) is 11.8 Å². The number of aromatic nitrogens is 2. The smallest absolute Gasteiger partial charge is 0.262 e. The molecule has 0 spiro atoms. The summed E-state index contributed by atoms with van der Waals surface area (Å²) in [6, 6.07) is 13.5. The molecule has 1 amide bonds. The highest BCUT2D eigenvalue weighted by molar-refractivity contribution is 7.99. The predicted octanol–water partition coefficient (Wildman–Crippen LogP) is 3.21. The summed E-state index contributed by atoms with van der Waals surface area (Å²) in [5.74, 6) is -0.883. The highest BCUT2D eigenvalue weighted by Gasteiger charge is 2.15. The van der Waals surface area contributed by atoms with Crippen molar-refractivity contribution in [3.63, 3.8) is 0 Å². The van der Waals surface area contributed by atoms with E-state index in [0.29, 0.717) is 18.0 Å². The third kappa shape index (κ3) is 5.14. The molecule has 0 radical (unpaired) electrons. The molecule has 7 nitrogen and oxygen atoms in total. The maximum Gasteiger partial charge on any atom is 0.262 e. The summed E-state index contributed by atoms with van der Waals surface area (Å²) in [6.07, 6.45) is 0. The number of nitrogens with one attached hydrogen (secondary N) is 1. The van der Waals surface area contributed by atoms with Crippen LogP contribution in [0.25, 0.3) is 5.69 Å². The van der Waals surface area contributed by atoms with E-state index in [1.165, 1.54) is 18.2 Å². The third-order valence-electron chi connectivity index (χ3n) is 3.75. The van der Waals surface area contributed by atoms with Crippen LogP contribution >= 0.6 is 11.8 Å². The van der Waals surface area contributed by atoms with E-state index in [4.69, 9.17) is 4.74 Å². The summed E-state index contributed by atoms with van der Waals surface area (Å²) in [6.45, 7) is 2.42. The number of hydrogen-bond donors (Lipinski definition) is 2. The van der Waals surface area contributed by atoms with Crippen molar-refractivity contribution in [1.29, 1.82) is 0 Å². The molecular weight excluding hydrogens is 397 g/mol. The van der Waals surface area contributed by atoms with Gasteiger partial charge < -0.3 is 15.2 Å². The van der Waals surface area contributed by atoms with Gasteiger partial charge in [0.1, 0.15) is 11.6 Å². The molecule has 1 heterocycles. The molecule has 0 unspecified atom stereocenters. The number of rotatable bonds is 7. The van der Waals surface area contributed by atoms with Crippen LogP contribution in [0.5, 0.6) is 11.6 Å². The van der Waals surface area contributed by atoms with Crippen LogP contribution in [-0.2, 0) is 4.79 Å². The first-order chi connectivity index (χ1) is 14.0. The van der Waals surface area contributed by atoms with Crippen LogP contribution in [0.2, 0.25) is 0 Å². The molecule has 29 heavy (non-hydrogen) atoms. The minimum absolute atomic E-state index is 0.00180. The molecule has 0 aliphatic heterocycles. The van der Waals surface area contributed by atoms with Gasteiger partial charge in [-0.2, -0.15) is 4.98 Å². The molecule has 3 rings (SSSR count). The van der Waals surface area contributed by atoms with Crippen LogP contribution < -0.4 is 15.6 Å². The van der Waals surface area contributed by atoms with E-state index in [-0.39, 0.29) is 22.5 Å². The van der Waals surface area contributed by atoms with Crippen molar-refractivity contribution in [1.82, 2.24) is 9.55 Å². The van der Waals surface area contributed by atoms with Gasteiger partial charge in [0.05, 0.1) is 24.1 Å². The Labute approximate surface area is 170 Å². The highest BCUT2D eigenvalue weighted by Crippen LogP contribution is 2.22. The summed E-state index contributed by atoms with van der Waals surface area (Å²) in [5.41, 5.74) is -0.0918. The third-order valence-corrected chi connectivity index (χ3v) is 4.69. The fourth-order valence-corrected chi connectivity index (χ4v) is 3.34. The number of anilines is 1. The van der Waals surface area contributed by atoms with Gasteiger partial charge in [-0.05, 0) is 43.3 Å². The number of carbonyl (C=O) groups excluding carboxylic acids is 1. The summed E-state index contributed by atoms with van der Waals surface area (Å²) in [5, 5.41) is 12.4. The molecule has 9 heteroatoms. The van der Waals surface area contributed by atoms with E-state index in [9.17, 15) is 19.1 Å². The molecule has 0 saturated carbocycles. The second-order valence-electron chi connectivity index (χ2n) is 5.82. The molecule has 150 valence electrons. The topological polar surface area (TPSA) is 93.5 Å². The maximum atomic E-state index is 14.2. The second kappa shape index (κ2) is 9.24. The lowest BCUT2D eigenvalue weighted by Gasteiger charge is -2.12. The molecule has 0 aliphatic carbocycles. The zero-order valence-electron chi connectivity index (χ0n) is 15.5. The highest BCUT2D eigenvalue weighted by atomic mass is 32.2. The van der Waals surface area contributed by atoms with Gasteiger partial charge in [-0.15, -0.1) is 0 Å². The van der Waals surface area contributed by atoms with Gasteiger partial charge in [0.25, 0.3) is 5.56 Å². The number of nitrogens with zero attached hydrogens (tertiary/aromatic N) is 2. The molecule has 0 atom stereocenters. The largest absolute Gasteiger partial charge is 0.494 e. The predicted molar refractivity (Wildman–Crippen MR) is 108 cm³/mol. The minimum atomic E-state index is -0.656. The molecular formula is C20H18FN3O4S. The van der Waals surface area contributed by atoms with Crippen LogP contribution in [0, 0.1) is 5.82 Å². The SMILES string of the molecule is CCOc1ccc(NC(=O)CSc2nc(O)cc(=O)n2-c2ccccc2F)cc1. The first-order valence-electron chi connectivity index (χ1n) is 8.71. The number of carbonyl (C=O) groups is 1. The molecule has 0 aliphatic rings. The van der Waals surface area contributed by atoms with Gasteiger partial charge in [-0.3, -0.25) is 14.2 Å². The number of hydrogen-bond acceptors (Lipinski definition) is 6. The average molecular weight is 415 g/mol. The second-order valence-corrected chi connectivity index (χ2v) is 6.76. The van der Waals surface area contributed by atoms with Crippen molar-refractivity contribution in [2.45, 2.75) is 12.1 Å². The lowest BCUT2D eigenvalue weighted by molar-refractivity contribution is -0.113. The van der Waals surface area contributed by atoms with Gasteiger partial charge >= 0.3 is 0 Å². The lowest BCUT2D eigenvalue weighted by atomic mass is 10.3. The van der Waals surface area contributed by atoms with Crippen molar-refractivity contribution in [3.8, 4) is 17.3 Å². The van der Waals surface area contributed by atoms with Crippen molar-refractivity contribution in [2.24, 2.45) is 0 Å². The standard InChI is InChI=1S/C20H18FN3O4S/c1-2-28-14-9-7-13(8-10-14)22-18(26)12-29-20-23-17(25)11-19(27)24(20)16-6-4-3-5-15(16)21/h3-11,25H,2,12H2,1H3,(H,22,26). The zero-order valence-corrected chi connectivity index (χ0v) is 16.3. The number of halogens is 1.